The Morgan fingerprint density at radius 3 is 2.85 bits per heavy atom. The van der Waals surface area contributed by atoms with Gasteiger partial charge in [-0.1, -0.05) is 36.4 Å². The van der Waals surface area contributed by atoms with E-state index in [-0.39, 0.29) is 24.8 Å². The summed E-state index contributed by atoms with van der Waals surface area (Å²) in [5.74, 6) is -0.392. The summed E-state index contributed by atoms with van der Waals surface area (Å²) < 4.78 is 55.3. The van der Waals surface area contributed by atoms with E-state index in [1.54, 1.807) is 35.2 Å². The van der Waals surface area contributed by atoms with Gasteiger partial charge in [0.15, 0.2) is 5.82 Å². The highest BCUT2D eigenvalue weighted by atomic mass is 32.2. The molecule has 2 heterocycles. The highest BCUT2D eigenvalue weighted by Crippen LogP contribution is 2.34. The number of carbonyl (C=O) groups excluding carboxylic acids is 1. The molecule has 0 saturated carbocycles. The van der Waals surface area contributed by atoms with E-state index in [9.17, 15) is 17.6 Å². The predicted octanol–water partition coefficient (Wildman–Crippen LogP) is 3.44. The van der Waals surface area contributed by atoms with Crippen LogP contribution in [0.2, 0.25) is 0 Å². The van der Waals surface area contributed by atoms with Crippen LogP contribution >= 0.6 is 0 Å². The molecule has 10 nitrogen and oxygen atoms in total. The number of sulfonamides is 1. The monoisotopic (exact) mass is 553 g/mol. The number of hydrogen-bond donors (Lipinski definition) is 3. The summed E-state index contributed by atoms with van der Waals surface area (Å²) in [5, 5.41) is 10.9. The van der Waals surface area contributed by atoms with E-state index in [1.165, 1.54) is 19.4 Å². The molecule has 3 N–H and O–H groups in total. The predicted molar refractivity (Wildman–Crippen MR) is 145 cm³/mol. The normalized spacial score (nSPS) is 17.0. The van der Waals surface area contributed by atoms with Gasteiger partial charge < -0.3 is 20.1 Å². The van der Waals surface area contributed by atoms with E-state index in [0.29, 0.717) is 36.2 Å². The molecule has 0 spiro atoms. The summed E-state index contributed by atoms with van der Waals surface area (Å²) >= 11 is 0. The average Bonchev–Trinajstić information content (AvgIpc) is 3.28. The summed E-state index contributed by atoms with van der Waals surface area (Å²) in [4.78, 5) is 12.0. The molecule has 1 aromatic heterocycles. The number of carbonyl (C=O) groups is 1. The standard InChI is InChI=1S/C27H28FN5O5S/c1-37-23-10-5-9-22-25(23)26(32-39(35,36)24-11-3-2-8-20(24)28)31-33(22)16-19-7-4-6-18(14-19)15-30-27(34)21-17-38-13-12-29-21/h3-7,9-14,21,29H,2,8,15-17H2,1H3,(H,30,34)(H,31,32)/t21-/m1/s1. The van der Waals surface area contributed by atoms with Crippen LogP contribution in [0.1, 0.15) is 24.0 Å². The number of halogens is 1. The van der Waals surface area contributed by atoms with Crippen LogP contribution in [0.15, 0.2) is 77.8 Å². The van der Waals surface area contributed by atoms with Gasteiger partial charge in [-0.25, -0.2) is 12.8 Å². The van der Waals surface area contributed by atoms with Gasteiger partial charge in [0, 0.05) is 19.2 Å². The average molecular weight is 554 g/mol. The van der Waals surface area contributed by atoms with Crippen molar-refractivity contribution in [2.45, 2.75) is 32.0 Å². The van der Waals surface area contributed by atoms with Crippen LogP contribution in [-0.2, 0) is 32.6 Å². The third kappa shape index (κ3) is 5.75. The first-order valence-electron chi connectivity index (χ1n) is 12.4. The Bertz CT molecular complexity index is 1600. The Hall–Kier alpha value is -4.32. The largest absolute Gasteiger partial charge is 0.497 e. The number of hydrogen-bond acceptors (Lipinski definition) is 7. The lowest BCUT2D eigenvalue weighted by Crippen LogP contribution is -2.46. The zero-order valence-electron chi connectivity index (χ0n) is 21.2. The number of nitrogens with zero attached hydrogens (tertiary/aromatic N) is 2. The summed E-state index contributed by atoms with van der Waals surface area (Å²) in [5.41, 5.74) is 2.40. The van der Waals surface area contributed by atoms with E-state index in [1.807, 2.05) is 24.3 Å². The lowest BCUT2D eigenvalue weighted by atomic mass is 10.1. The lowest BCUT2D eigenvalue weighted by Gasteiger charge is -2.19. The molecule has 1 amide bonds. The van der Waals surface area contributed by atoms with E-state index in [4.69, 9.17) is 9.47 Å². The summed E-state index contributed by atoms with van der Waals surface area (Å²) in [6.07, 6.45) is 6.47. The number of allylic oxidation sites excluding steroid dienone is 3. The van der Waals surface area contributed by atoms with Crippen LogP contribution in [0.5, 0.6) is 5.75 Å². The fraction of sp³-hybridized carbons (Fsp3) is 0.259. The molecule has 0 unspecified atom stereocenters. The van der Waals surface area contributed by atoms with Gasteiger partial charge in [-0.15, -0.1) is 0 Å². The Morgan fingerprint density at radius 2 is 2.08 bits per heavy atom. The summed E-state index contributed by atoms with van der Waals surface area (Å²) in [6, 6.07) is 12.5. The Morgan fingerprint density at radius 1 is 1.26 bits per heavy atom. The van der Waals surface area contributed by atoms with Crippen LogP contribution < -0.4 is 20.1 Å². The Kier molecular flexibility index (Phi) is 7.55. The van der Waals surface area contributed by atoms with Gasteiger partial charge in [0.2, 0.25) is 5.91 Å². The van der Waals surface area contributed by atoms with Crippen molar-refractivity contribution in [3.63, 3.8) is 0 Å². The van der Waals surface area contributed by atoms with E-state index in [2.05, 4.69) is 20.5 Å². The topological polar surface area (TPSA) is 124 Å². The minimum Gasteiger partial charge on any atom is -0.497 e. The maximum absolute atomic E-state index is 14.4. The van der Waals surface area contributed by atoms with Gasteiger partial charge in [0.1, 0.15) is 29.1 Å². The molecule has 1 aliphatic heterocycles. The first-order chi connectivity index (χ1) is 18.9. The third-order valence-corrected chi connectivity index (χ3v) is 7.78. The van der Waals surface area contributed by atoms with Crippen LogP contribution in [0, 0.1) is 0 Å². The van der Waals surface area contributed by atoms with Crippen molar-refractivity contribution >= 4 is 32.7 Å². The van der Waals surface area contributed by atoms with Gasteiger partial charge in [-0.05, 0) is 35.8 Å². The van der Waals surface area contributed by atoms with Gasteiger partial charge in [0.05, 0.1) is 30.8 Å². The van der Waals surface area contributed by atoms with Crippen molar-refractivity contribution in [2.24, 2.45) is 0 Å². The number of aromatic nitrogens is 2. The van der Waals surface area contributed by atoms with Crippen molar-refractivity contribution in [3.8, 4) is 5.75 Å². The molecule has 12 heteroatoms. The van der Waals surface area contributed by atoms with Crippen molar-refractivity contribution < 1.29 is 27.1 Å². The van der Waals surface area contributed by atoms with Crippen molar-refractivity contribution in [3.05, 3.63) is 88.9 Å². The lowest BCUT2D eigenvalue weighted by molar-refractivity contribution is -0.124. The summed E-state index contributed by atoms with van der Waals surface area (Å²) in [7, 11) is -2.73. The van der Waals surface area contributed by atoms with Crippen molar-refractivity contribution in [1.82, 2.24) is 20.4 Å². The number of nitrogens with one attached hydrogen (secondary N) is 3. The maximum atomic E-state index is 14.4. The molecule has 5 rings (SSSR count). The molecule has 204 valence electrons. The molecule has 0 radical (unpaired) electrons. The number of rotatable bonds is 9. The number of amides is 1. The van der Waals surface area contributed by atoms with Gasteiger partial charge >= 0.3 is 0 Å². The molecule has 0 fully saturated rings. The highest BCUT2D eigenvalue weighted by Gasteiger charge is 2.26. The molecule has 3 aromatic rings. The van der Waals surface area contributed by atoms with E-state index >= 15 is 0 Å². The molecule has 2 aromatic carbocycles. The fourth-order valence-electron chi connectivity index (χ4n) is 4.47. The van der Waals surface area contributed by atoms with Crippen LogP contribution in [0.25, 0.3) is 10.9 Å². The highest BCUT2D eigenvalue weighted by molar-refractivity contribution is 7.96. The zero-order valence-corrected chi connectivity index (χ0v) is 22.0. The number of ether oxygens (including phenoxy) is 2. The molecule has 1 aliphatic carbocycles. The minimum atomic E-state index is -4.22. The second-order valence-corrected chi connectivity index (χ2v) is 10.7. The van der Waals surface area contributed by atoms with Gasteiger partial charge in [-0.2, -0.15) is 5.10 Å². The third-order valence-electron chi connectivity index (χ3n) is 6.38. The van der Waals surface area contributed by atoms with E-state index in [0.717, 1.165) is 11.1 Å². The van der Waals surface area contributed by atoms with Gasteiger partial charge in [0.25, 0.3) is 10.0 Å². The maximum Gasteiger partial charge on any atom is 0.265 e. The molecular weight excluding hydrogens is 525 g/mol. The van der Waals surface area contributed by atoms with Crippen LogP contribution in [0.4, 0.5) is 10.2 Å². The van der Waals surface area contributed by atoms with Gasteiger partial charge in [-0.3, -0.25) is 14.2 Å². The van der Waals surface area contributed by atoms with Crippen LogP contribution in [0.3, 0.4) is 0 Å². The zero-order chi connectivity index (χ0) is 27.4. The first-order valence-corrected chi connectivity index (χ1v) is 13.8. The Balaban J connectivity index is 1.40. The quantitative estimate of drug-likeness (QED) is 0.371. The number of methoxy groups -OCH3 is 1. The van der Waals surface area contributed by atoms with Crippen LogP contribution in [-0.4, -0.2) is 43.9 Å². The number of anilines is 1. The second-order valence-electron chi connectivity index (χ2n) is 9.07. The fourth-order valence-corrected chi connectivity index (χ4v) is 5.65. The SMILES string of the molecule is COc1cccc2c1c(NS(=O)(=O)C1=C(F)CCC=C1)nn2Cc1cccc(CNC(=O)[C@H]2COC=CN2)c1. The molecule has 2 aliphatic rings. The molecular formula is C27H28FN5O5S. The van der Waals surface area contributed by atoms with E-state index < -0.39 is 26.8 Å². The summed E-state index contributed by atoms with van der Waals surface area (Å²) in [6.45, 7) is 0.888. The smallest absolute Gasteiger partial charge is 0.265 e. The minimum absolute atomic E-state index is 0.0318. The van der Waals surface area contributed by atoms with Crippen molar-refractivity contribution in [2.75, 3.05) is 18.4 Å². The first kappa shape index (κ1) is 26.3. The Labute approximate surface area is 225 Å². The van der Waals surface area contributed by atoms with Crippen molar-refractivity contribution in [1.29, 1.82) is 0 Å². The molecule has 1 atom stereocenters. The molecule has 0 saturated heterocycles. The number of benzene rings is 2. The molecule has 39 heavy (non-hydrogen) atoms. The second kappa shape index (κ2) is 11.2. The molecule has 0 bridgehead atoms. The number of fused-ring (bicyclic) bond motifs is 1.